The molecule has 2 aromatic carbocycles. The average Bonchev–Trinajstić information content (AvgIpc) is 2.96. The van der Waals surface area contributed by atoms with E-state index in [0.717, 1.165) is 65.3 Å². The highest BCUT2D eigenvalue weighted by atomic mass is 32.2. The number of anilines is 1. The second kappa shape index (κ2) is 13.8. The zero-order valence-corrected chi connectivity index (χ0v) is 27.0. The molecule has 1 aromatic heterocycles. The molecule has 2 heterocycles. The summed E-state index contributed by atoms with van der Waals surface area (Å²) in [6.07, 6.45) is 12.1. The van der Waals surface area contributed by atoms with E-state index in [4.69, 9.17) is 9.84 Å². The molecule has 44 heavy (non-hydrogen) atoms. The molecule has 1 aliphatic rings. The number of hydrogen-bond acceptors (Lipinski definition) is 6. The third-order valence-electron chi connectivity index (χ3n) is 7.80. The van der Waals surface area contributed by atoms with Gasteiger partial charge >= 0.3 is 5.97 Å². The molecule has 0 radical (unpaired) electrons. The van der Waals surface area contributed by atoms with Gasteiger partial charge in [0, 0.05) is 60.8 Å². The smallest absolute Gasteiger partial charge is 0.303 e. The Labute approximate surface area is 260 Å². The summed E-state index contributed by atoms with van der Waals surface area (Å²) in [4.78, 5) is 12.8. The minimum atomic E-state index is -4.64. The quantitative estimate of drug-likeness (QED) is 0.133. The van der Waals surface area contributed by atoms with E-state index in [1.807, 2.05) is 35.1 Å². The fourth-order valence-electron chi connectivity index (χ4n) is 5.32. The van der Waals surface area contributed by atoms with Gasteiger partial charge in [-0.1, -0.05) is 39.0 Å². The lowest BCUT2D eigenvalue weighted by Gasteiger charge is -2.30. The molecular formula is C35H42N2O6S. The number of fused-ring (bicyclic) bond motifs is 2. The lowest BCUT2D eigenvalue weighted by atomic mass is 9.89. The summed E-state index contributed by atoms with van der Waals surface area (Å²) < 4.78 is 44.0. The van der Waals surface area contributed by atoms with Crippen LogP contribution in [0, 0.1) is 5.41 Å². The maximum Gasteiger partial charge on any atom is 0.303 e. The second-order valence-electron chi connectivity index (χ2n) is 12.0. The molecule has 4 rings (SSSR count). The van der Waals surface area contributed by atoms with Crippen LogP contribution in [0.4, 0.5) is 5.69 Å². The SMILES string of the molecule is CCN(CC)c1ccc2c(c1)OC(C(C)(C)C)=CC2=CC=Cc1cc[n+](CCCCCC(=O)O)c2ccc(S(=O)(=O)[O-])cc12. The third kappa shape index (κ3) is 7.95. The second-order valence-corrected chi connectivity index (χ2v) is 13.4. The van der Waals surface area contributed by atoms with Crippen LogP contribution in [0.5, 0.6) is 5.75 Å². The summed E-state index contributed by atoms with van der Waals surface area (Å²) in [7, 11) is -4.64. The number of hydrogen-bond donors (Lipinski definition) is 1. The Morgan fingerprint density at radius 3 is 2.45 bits per heavy atom. The van der Waals surface area contributed by atoms with Crippen molar-refractivity contribution in [2.75, 3.05) is 18.0 Å². The van der Waals surface area contributed by atoms with Gasteiger partial charge < -0.3 is 19.3 Å². The van der Waals surface area contributed by atoms with Crippen molar-refractivity contribution in [2.45, 2.75) is 71.7 Å². The molecule has 0 saturated heterocycles. The minimum Gasteiger partial charge on any atom is -0.744 e. The van der Waals surface area contributed by atoms with Gasteiger partial charge in [0.15, 0.2) is 6.20 Å². The number of aryl methyl sites for hydroxylation is 1. The first kappa shape index (κ1) is 33.0. The van der Waals surface area contributed by atoms with Crippen LogP contribution >= 0.6 is 0 Å². The Morgan fingerprint density at radius 1 is 1.05 bits per heavy atom. The number of carboxylic acid groups (broad SMARTS) is 1. The van der Waals surface area contributed by atoms with E-state index in [9.17, 15) is 17.8 Å². The highest BCUT2D eigenvalue weighted by Crippen LogP contribution is 2.41. The van der Waals surface area contributed by atoms with E-state index in [1.165, 1.54) is 12.1 Å². The van der Waals surface area contributed by atoms with E-state index in [-0.39, 0.29) is 16.7 Å². The van der Waals surface area contributed by atoms with Crippen LogP contribution in [-0.2, 0) is 21.5 Å². The van der Waals surface area contributed by atoms with Gasteiger partial charge in [0.05, 0.1) is 10.3 Å². The van der Waals surface area contributed by atoms with E-state index in [1.54, 1.807) is 6.07 Å². The summed E-state index contributed by atoms with van der Waals surface area (Å²) in [6.45, 7) is 13.0. The van der Waals surface area contributed by atoms with Crippen molar-refractivity contribution in [2.24, 2.45) is 5.41 Å². The fraction of sp³-hybridized carbons (Fsp3) is 0.371. The average molecular weight is 619 g/mol. The molecule has 234 valence electrons. The Balaban J connectivity index is 1.72. The van der Waals surface area contributed by atoms with Crippen molar-refractivity contribution in [3.05, 3.63) is 83.8 Å². The molecule has 0 amide bonds. The highest BCUT2D eigenvalue weighted by Gasteiger charge is 2.26. The van der Waals surface area contributed by atoms with Gasteiger partial charge in [-0.05, 0) is 68.2 Å². The molecule has 0 unspecified atom stereocenters. The van der Waals surface area contributed by atoms with Gasteiger partial charge in [-0.25, -0.2) is 8.42 Å². The van der Waals surface area contributed by atoms with E-state index >= 15 is 0 Å². The predicted molar refractivity (Wildman–Crippen MR) is 173 cm³/mol. The molecule has 9 heteroatoms. The van der Waals surface area contributed by atoms with Gasteiger partial charge in [0.25, 0.3) is 0 Å². The molecule has 1 N–H and O–H groups in total. The first-order chi connectivity index (χ1) is 20.8. The van der Waals surface area contributed by atoms with Crippen molar-refractivity contribution in [3.63, 3.8) is 0 Å². The number of nitrogens with zero attached hydrogens (tertiary/aromatic N) is 2. The molecule has 0 bridgehead atoms. The maximum atomic E-state index is 11.9. The standard InChI is InChI=1S/C35H42N2O6S/c1-6-36(7-2)27-15-17-29-26(22-33(35(3,4)5)43-32(29)23-27)13-11-12-25-19-21-37(20-10-8-9-14-34(38)39)31-18-16-28(24-30(25)31)44(40,41)42/h11-13,15-19,21-24H,6-10,14,20H2,1-5H3,(H-,38,39,40,41,42). The van der Waals surface area contributed by atoms with Crippen molar-refractivity contribution in [3.8, 4) is 5.75 Å². The van der Waals surface area contributed by atoms with E-state index < -0.39 is 16.1 Å². The predicted octanol–water partition coefficient (Wildman–Crippen LogP) is 6.94. The van der Waals surface area contributed by atoms with Gasteiger partial charge in [0.2, 0.25) is 5.52 Å². The maximum absolute atomic E-state index is 11.9. The first-order valence-electron chi connectivity index (χ1n) is 15.1. The molecule has 0 atom stereocenters. The Morgan fingerprint density at radius 2 is 1.80 bits per heavy atom. The molecule has 0 aliphatic carbocycles. The van der Waals surface area contributed by atoms with Crippen LogP contribution < -0.4 is 14.2 Å². The van der Waals surface area contributed by atoms with Crippen molar-refractivity contribution in [1.29, 1.82) is 0 Å². The zero-order chi connectivity index (χ0) is 32.1. The van der Waals surface area contributed by atoms with Gasteiger partial charge in [0.1, 0.15) is 28.2 Å². The normalized spacial score (nSPS) is 14.5. The summed E-state index contributed by atoms with van der Waals surface area (Å²) in [5.41, 5.74) is 4.45. The van der Waals surface area contributed by atoms with Crippen LogP contribution in [0.1, 0.15) is 71.4 Å². The van der Waals surface area contributed by atoms with Crippen LogP contribution in [-0.4, -0.2) is 37.1 Å². The molecule has 3 aromatic rings. The number of carbonyl (C=O) groups is 1. The summed E-state index contributed by atoms with van der Waals surface area (Å²) in [5, 5.41) is 9.54. The van der Waals surface area contributed by atoms with E-state index in [2.05, 4.69) is 63.8 Å². The molecule has 0 spiro atoms. The van der Waals surface area contributed by atoms with Crippen molar-refractivity contribution in [1.82, 2.24) is 0 Å². The number of pyridine rings is 1. The van der Waals surface area contributed by atoms with Crippen LogP contribution in [0.3, 0.4) is 0 Å². The monoisotopic (exact) mass is 618 g/mol. The van der Waals surface area contributed by atoms with Gasteiger partial charge in [-0.2, -0.15) is 4.57 Å². The van der Waals surface area contributed by atoms with Crippen LogP contribution in [0.15, 0.2) is 77.5 Å². The van der Waals surface area contributed by atoms with Gasteiger partial charge in [-0.3, -0.25) is 4.79 Å². The topological polar surface area (TPSA) is 111 Å². The van der Waals surface area contributed by atoms with Crippen LogP contribution in [0.25, 0.3) is 22.6 Å². The number of aromatic nitrogens is 1. The molecule has 8 nitrogen and oxygen atoms in total. The molecular weight excluding hydrogens is 576 g/mol. The highest BCUT2D eigenvalue weighted by molar-refractivity contribution is 7.85. The summed E-state index contributed by atoms with van der Waals surface area (Å²) in [5.74, 6) is 0.863. The Kier molecular flexibility index (Phi) is 10.3. The molecule has 0 fully saturated rings. The van der Waals surface area contributed by atoms with Crippen molar-refractivity contribution >= 4 is 44.3 Å². The van der Waals surface area contributed by atoms with E-state index in [0.29, 0.717) is 18.4 Å². The molecule has 0 saturated carbocycles. The van der Waals surface area contributed by atoms with Crippen molar-refractivity contribution < 1.29 is 32.2 Å². The molecule has 1 aliphatic heterocycles. The zero-order valence-electron chi connectivity index (χ0n) is 26.2. The number of allylic oxidation sites excluding steroid dienone is 5. The summed E-state index contributed by atoms with van der Waals surface area (Å²) in [6, 6.07) is 12.6. The number of benzene rings is 2. The largest absolute Gasteiger partial charge is 0.744 e. The number of carboxylic acids is 1. The fourth-order valence-corrected chi connectivity index (χ4v) is 5.81. The number of rotatable bonds is 12. The number of ether oxygens (including phenoxy) is 1. The van der Waals surface area contributed by atoms with Crippen LogP contribution in [0.2, 0.25) is 0 Å². The van der Waals surface area contributed by atoms with Gasteiger partial charge in [-0.15, -0.1) is 0 Å². The third-order valence-corrected chi connectivity index (χ3v) is 8.63. The minimum absolute atomic E-state index is 0.134. The number of unbranched alkanes of at least 4 members (excludes halogenated alkanes) is 2. The first-order valence-corrected chi connectivity index (χ1v) is 16.5. The Bertz CT molecular complexity index is 1730. The summed E-state index contributed by atoms with van der Waals surface area (Å²) >= 11 is 0. The lowest BCUT2D eigenvalue weighted by Crippen LogP contribution is -2.34. The number of aliphatic carboxylic acids is 1. The lowest BCUT2D eigenvalue weighted by molar-refractivity contribution is -0.671. The Hall–Kier alpha value is -3.95.